The lowest BCUT2D eigenvalue weighted by molar-refractivity contribution is 0.0601. The first-order valence-electron chi connectivity index (χ1n) is 9.21. The summed E-state index contributed by atoms with van der Waals surface area (Å²) < 4.78 is 12.8. The summed E-state index contributed by atoms with van der Waals surface area (Å²) in [5.74, 6) is -0.364. The smallest absolute Gasteiger partial charge is 0.337 e. The van der Waals surface area contributed by atoms with Gasteiger partial charge in [-0.1, -0.05) is 43.4 Å². The molecule has 0 saturated carbocycles. The number of hydrogen-bond donors (Lipinski definition) is 0. The van der Waals surface area contributed by atoms with Crippen molar-refractivity contribution in [2.45, 2.75) is 32.4 Å². The number of halogens is 1. The third-order valence-corrected chi connectivity index (χ3v) is 6.42. The van der Waals surface area contributed by atoms with Crippen molar-refractivity contribution in [2.24, 2.45) is 0 Å². The van der Waals surface area contributed by atoms with Gasteiger partial charge in [-0.2, -0.15) is 0 Å². The van der Waals surface area contributed by atoms with Crippen LogP contribution in [-0.4, -0.2) is 37.3 Å². The molecule has 28 heavy (non-hydrogen) atoms. The third kappa shape index (κ3) is 4.81. The third-order valence-electron chi connectivity index (χ3n) is 4.51. The van der Waals surface area contributed by atoms with Gasteiger partial charge in [0.1, 0.15) is 17.5 Å². The molecular weight excluding hydrogens is 392 g/mol. The summed E-state index contributed by atoms with van der Waals surface area (Å²) in [6, 6.07) is 14.2. The molecule has 0 fully saturated rings. The van der Waals surface area contributed by atoms with E-state index in [9.17, 15) is 4.79 Å². The van der Waals surface area contributed by atoms with Gasteiger partial charge in [0.15, 0.2) is 0 Å². The molecule has 148 valence electrons. The highest BCUT2D eigenvalue weighted by molar-refractivity contribution is 6.76. The monoisotopic (exact) mass is 416 g/mol. The van der Waals surface area contributed by atoms with Crippen LogP contribution in [0.1, 0.15) is 10.4 Å². The van der Waals surface area contributed by atoms with Crippen LogP contribution < -0.4 is 0 Å². The predicted molar refractivity (Wildman–Crippen MR) is 116 cm³/mol. The molecule has 0 radical (unpaired) electrons. The molecule has 0 bridgehead atoms. The number of esters is 1. The summed E-state index contributed by atoms with van der Waals surface area (Å²) in [4.78, 5) is 16.4. The zero-order chi connectivity index (χ0) is 20.3. The Hall–Kier alpha value is -2.15. The number of nitrogens with zero attached hydrogens (tertiary/aromatic N) is 2. The normalized spacial score (nSPS) is 11.8. The van der Waals surface area contributed by atoms with Gasteiger partial charge >= 0.3 is 5.97 Å². The maximum Gasteiger partial charge on any atom is 0.337 e. The van der Waals surface area contributed by atoms with Crippen molar-refractivity contribution in [3.05, 3.63) is 53.2 Å². The lowest BCUT2D eigenvalue weighted by Crippen LogP contribution is -2.22. The van der Waals surface area contributed by atoms with Crippen molar-refractivity contribution < 1.29 is 14.3 Å². The zero-order valence-electron chi connectivity index (χ0n) is 16.7. The van der Waals surface area contributed by atoms with Gasteiger partial charge in [-0.15, -0.1) is 0 Å². The molecule has 1 aromatic carbocycles. The van der Waals surface area contributed by atoms with Gasteiger partial charge in [0.2, 0.25) is 0 Å². The van der Waals surface area contributed by atoms with E-state index in [0.29, 0.717) is 24.1 Å². The minimum Gasteiger partial charge on any atom is -0.465 e. The number of fused-ring (bicyclic) bond motifs is 1. The maximum absolute atomic E-state index is 11.9. The van der Waals surface area contributed by atoms with Crippen LogP contribution in [0.4, 0.5) is 0 Å². The summed E-state index contributed by atoms with van der Waals surface area (Å²) in [5.41, 5.74) is 3.08. The van der Waals surface area contributed by atoms with Crippen molar-refractivity contribution in [3.63, 3.8) is 0 Å². The van der Waals surface area contributed by atoms with E-state index < -0.39 is 8.07 Å². The second-order valence-corrected chi connectivity index (χ2v) is 13.9. The average Bonchev–Trinajstić information content (AvgIpc) is 3.01. The summed E-state index contributed by atoms with van der Waals surface area (Å²) in [6.07, 6.45) is 0. The molecule has 5 nitrogen and oxygen atoms in total. The van der Waals surface area contributed by atoms with Crippen LogP contribution in [0, 0.1) is 0 Å². The van der Waals surface area contributed by atoms with Crippen LogP contribution in [0.25, 0.3) is 22.3 Å². The number of rotatable bonds is 7. The van der Waals surface area contributed by atoms with Crippen molar-refractivity contribution in [1.29, 1.82) is 0 Å². The molecule has 0 unspecified atom stereocenters. The number of pyridine rings is 1. The topological polar surface area (TPSA) is 53.3 Å². The first kappa shape index (κ1) is 20.6. The fraction of sp³-hybridized carbons (Fsp3) is 0.333. The Balaban J connectivity index is 1.98. The fourth-order valence-corrected chi connectivity index (χ4v) is 3.83. The summed E-state index contributed by atoms with van der Waals surface area (Å²) in [7, 11) is 0.213. The molecule has 0 saturated heterocycles. The summed E-state index contributed by atoms with van der Waals surface area (Å²) in [5, 5.41) is 1.40. The number of carbonyl (C=O) groups is 1. The number of methoxy groups -OCH3 is 1. The number of aromatic nitrogens is 2. The van der Waals surface area contributed by atoms with E-state index in [-0.39, 0.29) is 5.97 Å². The number of carbonyl (C=O) groups excluding carboxylic acids is 1. The highest BCUT2D eigenvalue weighted by Crippen LogP contribution is 2.29. The van der Waals surface area contributed by atoms with Gasteiger partial charge in [0.05, 0.1) is 18.4 Å². The van der Waals surface area contributed by atoms with Gasteiger partial charge in [0, 0.05) is 20.1 Å². The Kier molecular flexibility index (Phi) is 6.22. The molecule has 2 heterocycles. The quantitative estimate of drug-likeness (QED) is 0.222. The predicted octanol–water partition coefficient (Wildman–Crippen LogP) is 5.46. The van der Waals surface area contributed by atoms with Crippen molar-refractivity contribution in [2.75, 3.05) is 13.7 Å². The minimum absolute atomic E-state index is 0.364. The Morgan fingerprint density at radius 2 is 1.96 bits per heavy atom. The van der Waals surface area contributed by atoms with Crippen LogP contribution in [0.3, 0.4) is 0 Å². The van der Waals surface area contributed by atoms with Crippen LogP contribution in [-0.2, 0) is 16.2 Å². The Morgan fingerprint density at radius 1 is 1.18 bits per heavy atom. The average molecular weight is 417 g/mol. The van der Waals surface area contributed by atoms with E-state index in [2.05, 4.69) is 24.6 Å². The molecule has 0 spiro atoms. The first-order chi connectivity index (χ1) is 13.3. The second kappa shape index (κ2) is 8.47. The fourth-order valence-electron chi connectivity index (χ4n) is 2.93. The van der Waals surface area contributed by atoms with Crippen molar-refractivity contribution in [1.82, 2.24) is 9.55 Å². The van der Waals surface area contributed by atoms with Gasteiger partial charge in [-0.25, -0.2) is 9.78 Å². The van der Waals surface area contributed by atoms with E-state index in [1.165, 1.54) is 7.11 Å². The van der Waals surface area contributed by atoms with E-state index in [1.54, 1.807) is 12.1 Å². The molecule has 0 aliphatic heterocycles. The van der Waals surface area contributed by atoms with Crippen LogP contribution in [0.5, 0.6) is 0 Å². The largest absolute Gasteiger partial charge is 0.465 e. The Morgan fingerprint density at radius 3 is 2.68 bits per heavy atom. The number of hydrogen-bond acceptors (Lipinski definition) is 4. The number of ether oxygens (including phenoxy) is 2. The van der Waals surface area contributed by atoms with Gasteiger partial charge in [-0.3, -0.25) is 0 Å². The standard InChI is InChI=1S/C21H25ClN2O3Si/c1-26-21(25)17-7-5-6-15(12-17)18-13-16-8-9-19(22)23-20(16)24(18)14-27-10-11-28(2,3)4/h5-9,12-13H,10-11,14H2,1-4H3. The van der Waals surface area contributed by atoms with E-state index >= 15 is 0 Å². The maximum atomic E-state index is 11.9. The molecule has 3 rings (SSSR count). The molecule has 0 atom stereocenters. The van der Waals surface area contributed by atoms with Crippen LogP contribution >= 0.6 is 11.6 Å². The van der Waals surface area contributed by atoms with E-state index in [1.807, 2.05) is 34.9 Å². The molecule has 0 aliphatic rings. The summed E-state index contributed by atoms with van der Waals surface area (Å²) >= 11 is 6.13. The SMILES string of the molecule is COC(=O)c1cccc(-c2cc3ccc(Cl)nc3n2COCC[Si](C)(C)C)c1. The Labute approximate surface area is 171 Å². The second-order valence-electron chi connectivity index (χ2n) is 7.92. The van der Waals surface area contributed by atoms with Gasteiger partial charge in [-0.05, 0) is 41.9 Å². The molecule has 3 aromatic rings. The lowest BCUT2D eigenvalue weighted by atomic mass is 10.1. The van der Waals surface area contributed by atoms with Crippen LogP contribution in [0.15, 0.2) is 42.5 Å². The summed E-state index contributed by atoms with van der Waals surface area (Å²) in [6.45, 7) is 8.06. The molecule has 0 amide bonds. The molecule has 7 heteroatoms. The lowest BCUT2D eigenvalue weighted by Gasteiger charge is -2.17. The van der Waals surface area contributed by atoms with Crippen LogP contribution in [0.2, 0.25) is 30.8 Å². The number of benzene rings is 1. The van der Waals surface area contributed by atoms with Crippen molar-refractivity contribution in [3.8, 4) is 11.3 Å². The van der Waals surface area contributed by atoms with E-state index in [4.69, 9.17) is 21.1 Å². The first-order valence-corrected chi connectivity index (χ1v) is 13.3. The minimum atomic E-state index is -1.17. The molecule has 2 aromatic heterocycles. The van der Waals surface area contributed by atoms with E-state index in [0.717, 1.165) is 28.3 Å². The highest BCUT2D eigenvalue weighted by Gasteiger charge is 2.16. The molecule has 0 aliphatic carbocycles. The van der Waals surface area contributed by atoms with Crippen molar-refractivity contribution >= 4 is 36.7 Å². The highest BCUT2D eigenvalue weighted by atomic mass is 35.5. The van der Waals surface area contributed by atoms with Gasteiger partial charge < -0.3 is 14.0 Å². The molecular formula is C21H25ClN2O3Si. The Bertz CT molecular complexity index is 995. The zero-order valence-corrected chi connectivity index (χ0v) is 18.4. The van der Waals surface area contributed by atoms with Gasteiger partial charge in [0.25, 0.3) is 0 Å². The molecule has 0 N–H and O–H groups in total.